The van der Waals surface area contributed by atoms with E-state index in [4.69, 9.17) is 4.74 Å². The largest absolute Gasteiger partial charge is 0.384 e. The van der Waals surface area contributed by atoms with Gasteiger partial charge in [0.1, 0.15) is 0 Å². The summed E-state index contributed by atoms with van der Waals surface area (Å²) in [4.78, 5) is 25.6. The van der Waals surface area contributed by atoms with E-state index >= 15 is 0 Å². The monoisotopic (exact) mass is 231 g/mol. The second-order valence-electron chi connectivity index (χ2n) is 4.54. The van der Waals surface area contributed by atoms with E-state index in [0.29, 0.717) is 23.7 Å². The van der Waals surface area contributed by atoms with Crippen LogP contribution < -0.4 is 0 Å². The Hall–Kier alpha value is -1.68. The Morgan fingerprint density at radius 2 is 1.82 bits per heavy atom. The zero-order chi connectivity index (χ0) is 12.0. The molecule has 0 bridgehead atoms. The SMILES string of the molecule is COCC1CC1N1C(=O)c2ccccc2C1=O. The average Bonchev–Trinajstić information content (AvgIpc) is 3.03. The number of nitrogens with zero attached hydrogens (tertiary/aromatic N) is 1. The van der Waals surface area contributed by atoms with E-state index in [1.165, 1.54) is 4.90 Å². The third kappa shape index (κ3) is 1.48. The fourth-order valence-electron chi connectivity index (χ4n) is 2.45. The van der Waals surface area contributed by atoms with Crippen molar-refractivity contribution in [2.75, 3.05) is 13.7 Å². The van der Waals surface area contributed by atoms with E-state index in [1.54, 1.807) is 31.4 Å². The number of imide groups is 1. The maximum atomic E-state index is 12.1. The highest BCUT2D eigenvalue weighted by Gasteiger charge is 2.50. The summed E-state index contributed by atoms with van der Waals surface area (Å²) in [5, 5.41) is 0. The summed E-state index contributed by atoms with van der Waals surface area (Å²) in [6.45, 7) is 0.609. The summed E-state index contributed by atoms with van der Waals surface area (Å²) >= 11 is 0. The van der Waals surface area contributed by atoms with Crippen LogP contribution in [0.5, 0.6) is 0 Å². The van der Waals surface area contributed by atoms with Crippen molar-refractivity contribution in [3.63, 3.8) is 0 Å². The predicted molar refractivity (Wildman–Crippen MR) is 60.7 cm³/mol. The van der Waals surface area contributed by atoms with Crippen LogP contribution in [0, 0.1) is 5.92 Å². The molecule has 1 heterocycles. The Labute approximate surface area is 99.2 Å². The van der Waals surface area contributed by atoms with Crippen molar-refractivity contribution < 1.29 is 14.3 Å². The van der Waals surface area contributed by atoms with Gasteiger partial charge in [0.15, 0.2) is 0 Å². The Bertz CT molecular complexity index is 462. The number of hydrogen-bond acceptors (Lipinski definition) is 3. The lowest BCUT2D eigenvalue weighted by molar-refractivity contribution is 0.0623. The number of benzene rings is 1. The molecule has 17 heavy (non-hydrogen) atoms. The zero-order valence-electron chi connectivity index (χ0n) is 9.55. The molecule has 0 N–H and O–H groups in total. The maximum absolute atomic E-state index is 12.1. The highest BCUT2D eigenvalue weighted by atomic mass is 16.5. The number of fused-ring (bicyclic) bond motifs is 1. The molecule has 1 aromatic rings. The Kier molecular flexibility index (Phi) is 2.26. The van der Waals surface area contributed by atoms with E-state index < -0.39 is 0 Å². The first-order valence-corrected chi connectivity index (χ1v) is 5.70. The van der Waals surface area contributed by atoms with E-state index in [-0.39, 0.29) is 17.9 Å². The molecule has 1 fully saturated rings. The minimum Gasteiger partial charge on any atom is -0.384 e. The molecule has 88 valence electrons. The van der Waals surface area contributed by atoms with Crippen LogP contribution in [-0.2, 0) is 4.74 Å². The number of ether oxygens (including phenoxy) is 1. The van der Waals surface area contributed by atoms with Crippen LogP contribution in [-0.4, -0.2) is 36.5 Å². The summed E-state index contributed by atoms with van der Waals surface area (Å²) in [7, 11) is 1.64. The summed E-state index contributed by atoms with van der Waals surface area (Å²) < 4.78 is 5.05. The van der Waals surface area contributed by atoms with Crippen LogP contribution >= 0.6 is 0 Å². The van der Waals surface area contributed by atoms with E-state index in [9.17, 15) is 9.59 Å². The lowest BCUT2D eigenvalue weighted by Crippen LogP contribution is -2.33. The van der Waals surface area contributed by atoms with Gasteiger partial charge in [-0.1, -0.05) is 12.1 Å². The van der Waals surface area contributed by atoms with Gasteiger partial charge in [-0.05, 0) is 18.6 Å². The molecule has 2 unspecified atom stereocenters. The highest BCUT2D eigenvalue weighted by Crippen LogP contribution is 2.40. The second kappa shape index (κ2) is 3.67. The van der Waals surface area contributed by atoms with Crippen LogP contribution in [0.1, 0.15) is 27.1 Å². The molecule has 0 aromatic heterocycles. The molecule has 1 aliphatic carbocycles. The number of rotatable bonds is 3. The number of carbonyl (C=O) groups is 2. The van der Waals surface area contributed by atoms with Crippen LogP contribution in [0.3, 0.4) is 0 Å². The molecular formula is C13H13NO3. The van der Waals surface area contributed by atoms with Crippen molar-refractivity contribution >= 4 is 11.8 Å². The minimum absolute atomic E-state index is 0.0300. The normalized spacial score (nSPS) is 26.3. The topological polar surface area (TPSA) is 46.6 Å². The van der Waals surface area contributed by atoms with Crippen LogP contribution in [0.4, 0.5) is 0 Å². The molecule has 0 saturated heterocycles. The van der Waals surface area contributed by atoms with Crippen molar-refractivity contribution in [1.82, 2.24) is 4.90 Å². The first-order valence-electron chi connectivity index (χ1n) is 5.70. The van der Waals surface area contributed by atoms with Crippen molar-refractivity contribution in [1.29, 1.82) is 0 Å². The van der Waals surface area contributed by atoms with Crippen LogP contribution in [0.25, 0.3) is 0 Å². The standard InChI is InChI=1S/C13H13NO3/c1-17-7-8-6-11(8)14-12(15)9-4-2-3-5-10(9)13(14)16/h2-5,8,11H,6-7H2,1H3. The summed E-state index contributed by atoms with van der Waals surface area (Å²) in [5.74, 6) is -0.00869. The molecule has 4 nitrogen and oxygen atoms in total. The zero-order valence-corrected chi connectivity index (χ0v) is 9.55. The van der Waals surface area contributed by atoms with Crippen molar-refractivity contribution in [2.24, 2.45) is 5.92 Å². The van der Waals surface area contributed by atoms with Gasteiger partial charge in [0.2, 0.25) is 0 Å². The van der Waals surface area contributed by atoms with Gasteiger partial charge < -0.3 is 4.74 Å². The van der Waals surface area contributed by atoms with Gasteiger partial charge in [-0.2, -0.15) is 0 Å². The second-order valence-corrected chi connectivity index (χ2v) is 4.54. The average molecular weight is 231 g/mol. The number of amides is 2. The van der Waals surface area contributed by atoms with Gasteiger partial charge in [-0.25, -0.2) is 0 Å². The number of hydrogen-bond donors (Lipinski definition) is 0. The summed E-state index contributed by atoms with van der Waals surface area (Å²) in [6, 6.07) is 7.02. The van der Waals surface area contributed by atoms with E-state index in [1.807, 2.05) is 0 Å². The van der Waals surface area contributed by atoms with E-state index in [0.717, 1.165) is 6.42 Å². The smallest absolute Gasteiger partial charge is 0.261 e. The molecule has 4 heteroatoms. The quantitative estimate of drug-likeness (QED) is 0.737. The molecule has 2 atom stereocenters. The lowest BCUT2D eigenvalue weighted by atomic mass is 10.1. The van der Waals surface area contributed by atoms with Crippen molar-refractivity contribution in [3.8, 4) is 0 Å². The third-order valence-electron chi connectivity index (χ3n) is 3.42. The van der Waals surface area contributed by atoms with Crippen LogP contribution in [0.15, 0.2) is 24.3 Å². The molecule has 0 spiro atoms. The van der Waals surface area contributed by atoms with Crippen molar-refractivity contribution in [3.05, 3.63) is 35.4 Å². The molecular weight excluding hydrogens is 218 g/mol. The first kappa shape index (κ1) is 10.5. The van der Waals surface area contributed by atoms with Crippen LogP contribution in [0.2, 0.25) is 0 Å². The molecule has 1 aromatic carbocycles. The summed E-state index contributed by atoms with van der Waals surface area (Å²) in [5.41, 5.74) is 1.06. The Morgan fingerprint density at radius 1 is 1.24 bits per heavy atom. The third-order valence-corrected chi connectivity index (χ3v) is 3.42. The first-order chi connectivity index (χ1) is 8.24. The minimum atomic E-state index is -0.158. The number of carbonyl (C=O) groups excluding carboxylic acids is 2. The molecule has 0 radical (unpaired) electrons. The summed E-state index contributed by atoms with van der Waals surface area (Å²) in [6.07, 6.45) is 0.860. The number of methoxy groups -OCH3 is 1. The van der Waals surface area contributed by atoms with Gasteiger partial charge >= 0.3 is 0 Å². The Balaban J connectivity index is 1.87. The molecule has 1 aliphatic heterocycles. The van der Waals surface area contributed by atoms with Gasteiger partial charge in [-0.3, -0.25) is 14.5 Å². The predicted octanol–water partition coefficient (Wildman–Crippen LogP) is 1.32. The van der Waals surface area contributed by atoms with E-state index in [2.05, 4.69) is 0 Å². The van der Waals surface area contributed by atoms with Gasteiger partial charge in [-0.15, -0.1) is 0 Å². The fraction of sp³-hybridized carbons (Fsp3) is 0.385. The van der Waals surface area contributed by atoms with Gasteiger partial charge in [0, 0.05) is 19.1 Å². The Morgan fingerprint density at radius 3 is 2.35 bits per heavy atom. The highest BCUT2D eigenvalue weighted by molar-refractivity contribution is 6.21. The fourth-order valence-corrected chi connectivity index (χ4v) is 2.45. The molecule has 2 amide bonds. The maximum Gasteiger partial charge on any atom is 0.261 e. The van der Waals surface area contributed by atoms with Gasteiger partial charge in [0.05, 0.1) is 17.7 Å². The molecule has 3 rings (SSSR count). The lowest BCUT2D eigenvalue weighted by Gasteiger charge is -2.13. The molecule has 2 aliphatic rings. The van der Waals surface area contributed by atoms with Gasteiger partial charge in [0.25, 0.3) is 11.8 Å². The van der Waals surface area contributed by atoms with Crippen molar-refractivity contribution in [2.45, 2.75) is 12.5 Å². The molecule has 1 saturated carbocycles.